The van der Waals surface area contributed by atoms with Crippen molar-refractivity contribution in [3.05, 3.63) is 0 Å². The van der Waals surface area contributed by atoms with Crippen LogP contribution in [0.5, 0.6) is 0 Å². The van der Waals surface area contributed by atoms with Crippen molar-refractivity contribution in [3.8, 4) is 0 Å². The summed E-state index contributed by atoms with van der Waals surface area (Å²) in [7, 11) is -4.84. The van der Waals surface area contributed by atoms with Gasteiger partial charge in [0.15, 0.2) is 0 Å². The van der Waals surface area contributed by atoms with Gasteiger partial charge in [0.2, 0.25) is 0 Å². The molecule has 0 saturated carbocycles. The average Bonchev–Trinajstić information content (AvgIpc) is 1.67. The Hall–Kier alpha value is -0.453. The first-order chi connectivity index (χ1) is 3.50. The zero-order chi connectivity index (χ0) is 6.78. The Kier molecular flexibility index (Phi) is 2.08. The summed E-state index contributed by atoms with van der Waals surface area (Å²) in [4.78, 5) is 9.56. The fourth-order valence-electron chi connectivity index (χ4n) is 0.151. The van der Waals surface area contributed by atoms with Crippen molar-refractivity contribution >= 4 is 14.3 Å². The Labute approximate surface area is 46.5 Å². The summed E-state index contributed by atoms with van der Waals surface area (Å²) in [5.74, 6) is 0. The molecule has 5 heteroatoms. The zero-order valence-electron chi connectivity index (χ0n) is 4.32. The number of hydrogen-bond acceptors (Lipinski definition) is 1. The number of carboxylic acid groups (broad SMARTS) is 1. The Morgan fingerprint density at radius 3 is 2.12 bits per heavy atom. The van der Waals surface area contributed by atoms with Crippen LogP contribution in [0.1, 0.15) is 6.92 Å². The molecule has 48 valence electrons. The van der Waals surface area contributed by atoms with Crippen LogP contribution in [0.15, 0.2) is 0 Å². The first-order valence-corrected chi connectivity index (χ1v) is 4.08. The molecule has 0 atom stereocenters. The van der Waals surface area contributed by atoms with Crippen LogP contribution < -0.4 is 0 Å². The summed E-state index contributed by atoms with van der Waals surface area (Å²) in [6, 6.07) is -0.512. The van der Waals surface area contributed by atoms with Crippen LogP contribution in [0.2, 0.25) is 6.04 Å². The normalized spacial score (nSPS) is 11.4. The Balaban J connectivity index is 3.91. The van der Waals surface area contributed by atoms with Gasteiger partial charge in [0.1, 0.15) is 0 Å². The maximum atomic E-state index is 11.8. The molecule has 0 saturated heterocycles. The molecule has 8 heavy (non-hydrogen) atoms. The van der Waals surface area contributed by atoms with Gasteiger partial charge in [-0.1, -0.05) is 6.92 Å². The summed E-state index contributed by atoms with van der Waals surface area (Å²) in [6.45, 7) is 1.18. The molecule has 0 bridgehead atoms. The van der Waals surface area contributed by atoms with Crippen molar-refractivity contribution in [2.45, 2.75) is 13.0 Å². The molecular formula is C3H6F2O2Si. The van der Waals surface area contributed by atoms with E-state index in [9.17, 15) is 13.0 Å². The highest BCUT2D eigenvalue weighted by Gasteiger charge is 2.43. The maximum absolute atomic E-state index is 11.8. The van der Waals surface area contributed by atoms with Crippen molar-refractivity contribution in [1.82, 2.24) is 0 Å². The van der Waals surface area contributed by atoms with Gasteiger partial charge in [0.05, 0.1) is 0 Å². The summed E-state index contributed by atoms with van der Waals surface area (Å²) in [5, 5.41) is 7.75. The molecule has 0 aliphatic heterocycles. The third kappa shape index (κ3) is 1.57. The van der Waals surface area contributed by atoms with Crippen LogP contribution in [-0.2, 0) is 0 Å². The Morgan fingerprint density at radius 1 is 1.75 bits per heavy atom. The first-order valence-electron chi connectivity index (χ1n) is 2.12. The predicted octanol–water partition coefficient (Wildman–Crippen LogP) is 1.65. The summed E-state index contributed by atoms with van der Waals surface area (Å²) in [6.07, 6.45) is 0. The molecule has 0 fully saturated rings. The van der Waals surface area contributed by atoms with E-state index in [-0.39, 0.29) is 0 Å². The number of halogens is 2. The van der Waals surface area contributed by atoms with E-state index >= 15 is 0 Å². The van der Waals surface area contributed by atoms with Gasteiger partial charge in [0.25, 0.3) is 0 Å². The van der Waals surface area contributed by atoms with E-state index in [4.69, 9.17) is 5.11 Å². The molecule has 2 nitrogen and oxygen atoms in total. The molecule has 1 N–H and O–H groups in total. The SMILES string of the molecule is CC[Si](F)(F)C(=O)O. The molecule has 0 aromatic rings. The minimum absolute atomic E-state index is 0.512. The van der Waals surface area contributed by atoms with Crippen LogP contribution in [0.25, 0.3) is 0 Å². The number of rotatable bonds is 2. The van der Waals surface area contributed by atoms with Crippen LogP contribution in [0.4, 0.5) is 13.0 Å². The van der Waals surface area contributed by atoms with Gasteiger partial charge in [-0.05, 0) is 0 Å². The molecule has 0 rings (SSSR count). The van der Waals surface area contributed by atoms with E-state index in [1.54, 1.807) is 0 Å². The van der Waals surface area contributed by atoms with Crippen LogP contribution in [0, 0.1) is 0 Å². The highest BCUT2D eigenvalue weighted by molar-refractivity contribution is 6.94. The number of carbonyl (C=O) groups is 1. The fourth-order valence-corrected chi connectivity index (χ4v) is 0.454. The molecule has 0 aliphatic carbocycles. The summed E-state index contributed by atoms with van der Waals surface area (Å²) < 4.78 is 23.6. The monoisotopic (exact) mass is 140 g/mol. The van der Waals surface area contributed by atoms with Gasteiger partial charge >= 0.3 is 14.3 Å². The largest absolute Gasteiger partial charge is 0.536 e. The molecule has 0 spiro atoms. The third-order valence-electron chi connectivity index (χ3n) is 0.757. The summed E-state index contributed by atoms with van der Waals surface area (Å²) >= 11 is 0. The minimum atomic E-state index is -4.84. The van der Waals surface area contributed by atoms with E-state index in [0.29, 0.717) is 0 Å². The van der Waals surface area contributed by atoms with E-state index in [2.05, 4.69) is 0 Å². The summed E-state index contributed by atoms with van der Waals surface area (Å²) in [5.41, 5.74) is -1.92. The van der Waals surface area contributed by atoms with Crippen molar-refractivity contribution in [1.29, 1.82) is 0 Å². The molecule has 0 unspecified atom stereocenters. The number of hydrogen-bond donors (Lipinski definition) is 1. The van der Waals surface area contributed by atoms with Gasteiger partial charge in [-0.2, -0.15) is 0 Å². The molecule has 0 radical (unpaired) electrons. The molecule has 0 heterocycles. The minimum Gasteiger partial charge on any atom is -0.481 e. The molecule has 0 aromatic heterocycles. The quantitative estimate of drug-likeness (QED) is 0.467. The second-order valence-corrected chi connectivity index (χ2v) is 3.91. The zero-order valence-corrected chi connectivity index (χ0v) is 5.32. The standard InChI is InChI=1S/C3H6F2O2Si/c1-2-8(4,5)3(6)7/h2H2,1H3,(H,6,7). The van der Waals surface area contributed by atoms with E-state index in [1.807, 2.05) is 0 Å². The Morgan fingerprint density at radius 2 is 2.12 bits per heavy atom. The highest BCUT2D eigenvalue weighted by Crippen LogP contribution is 2.12. The third-order valence-corrected chi connectivity index (χ3v) is 2.27. The predicted molar refractivity (Wildman–Crippen MR) is 26.5 cm³/mol. The van der Waals surface area contributed by atoms with Crippen molar-refractivity contribution in [2.75, 3.05) is 0 Å². The van der Waals surface area contributed by atoms with Crippen LogP contribution >= 0.6 is 0 Å². The second kappa shape index (κ2) is 2.21. The molecule has 0 aromatic carbocycles. The van der Waals surface area contributed by atoms with Crippen molar-refractivity contribution < 1.29 is 18.1 Å². The van der Waals surface area contributed by atoms with E-state index in [0.717, 1.165) is 0 Å². The van der Waals surface area contributed by atoms with Crippen LogP contribution in [-0.4, -0.2) is 19.4 Å². The van der Waals surface area contributed by atoms with E-state index < -0.39 is 20.4 Å². The lowest BCUT2D eigenvalue weighted by Crippen LogP contribution is -2.31. The van der Waals surface area contributed by atoms with Crippen LogP contribution in [0.3, 0.4) is 0 Å². The second-order valence-electron chi connectivity index (χ2n) is 1.36. The maximum Gasteiger partial charge on any atom is 0.536 e. The van der Waals surface area contributed by atoms with Gasteiger partial charge in [-0.15, -0.1) is 0 Å². The average molecular weight is 140 g/mol. The van der Waals surface area contributed by atoms with Gasteiger partial charge in [-0.3, -0.25) is 13.0 Å². The smallest absolute Gasteiger partial charge is 0.481 e. The molecular weight excluding hydrogens is 134 g/mol. The van der Waals surface area contributed by atoms with Gasteiger partial charge in [0, 0.05) is 6.04 Å². The first kappa shape index (κ1) is 7.55. The fraction of sp³-hybridized carbons (Fsp3) is 0.667. The highest BCUT2D eigenvalue weighted by atomic mass is 28.4. The molecule has 0 amide bonds. The van der Waals surface area contributed by atoms with Crippen molar-refractivity contribution in [3.63, 3.8) is 0 Å². The van der Waals surface area contributed by atoms with Crippen molar-refractivity contribution in [2.24, 2.45) is 0 Å². The molecule has 0 aliphatic rings. The topological polar surface area (TPSA) is 37.3 Å². The van der Waals surface area contributed by atoms with Gasteiger partial charge in [-0.25, -0.2) is 0 Å². The lowest BCUT2D eigenvalue weighted by Gasteiger charge is -2.00. The lowest BCUT2D eigenvalue weighted by atomic mass is 11.0. The van der Waals surface area contributed by atoms with Gasteiger partial charge < -0.3 is 5.11 Å². The lowest BCUT2D eigenvalue weighted by molar-refractivity contribution is 0.212. The Bertz CT molecular complexity index is 103. The van der Waals surface area contributed by atoms with E-state index in [1.165, 1.54) is 6.92 Å².